The van der Waals surface area contributed by atoms with Crippen molar-refractivity contribution in [3.8, 4) is 0 Å². The molecule has 100 valence electrons. The summed E-state index contributed by atoms with van der Waals surface area (Å²) in [6.45, 7) is 2.55. The van der Waals surface area contributed by atoms with Crippen LogP contribution in [0.4, 0.5) is 0 Å². The fourth-order valence-corrected chi connectivity index (χ4v) is 2.12. The molecule has 2 aromatic heterocycles. The Morgan fingerprint density at radius 1 is 1.32 bits per heavy atom. The summed E-state index contributed by atoms with van der Waals surface area (Å²) in [5.41, 5.74) is 1.96. The van der Waals surface area contributed by atoms with Crippen LogP contribution in [-0.4, -0.2) is 26.5 Å². The van der Waals surface area contributed by atoms with E-state index in [2.05, 4.69) is 36.5 Å². The van der Waals surface area contributed by atoms with E-state index in [9.17, 15) is 0 Å². The molecule has 6 heteroatoms. The van der Waals surface area contributed by atoms with Crippen molar-refractivity contribution in [3.05, 3.63) is 40.4 Å². The molecule has 0 aliphatic heterocycles. The maximum absolute atomic E-state index is 4.33. The summed E-state index contributed by atoms with van der Waals surface area (Å²) in [5, 5.41) is 11.7. The van der Waals surface area contributed by atoms with E-state index in [0.717, 1.165) is 34.9 Å². The van der Waals surface area contributed by atoms with Gasteiger partial charge >= 0.3 is 0 Å². The number of nitrogens with one attached hydrogen (secondary N) is 1. The van der Waals surface area contributed by atoms with E-state index >= 15 is 0 Å². The highest BCUT2D eigenvalue weighted by Gasteiger charge is 2.20. The van der Waals surface area contributed by atoms with Gasteiger partial charge in [0.25, 0.3) is 0 Å². The van der Waals surface area contributed by atoms with Crippen LogP contribution in [-0.2, 0) is 13.1 Å². The van der Waals surface area contributed by atoms with Crippen LogP contribution < -0.4 is 5.32 Å². The Hall–Kier alpha value is -1.27. The first-order chi connectivity index (χ1) is 9.29. The van der Waals surface area contributed by atoms with Crippen molar-refractivity contribution in [2.45, 2.75) is 25.9 Å². The second-order valence-electron chi connectivity index (χ2n) is 4.95. The van der Waals surface area contributed by atoms with Crippen LogP contribution >= 0.6 is 15.9 Å². The number of halogens is 1. The lowest BCUT2D eigenvalue weighted by atomic mass is 10.3. The van der Waals surface area contributed by atoms with Gasteiger partial charge in [-0.05, 0) is 53.4 Å². The van der Waals surface area contributed by atoms with Crippen molar-refractivity contribution in [2.75, 3.05) is 6.54 Å². The molecule has 0 amide bonds. The topological polar surface area (TPSA) is 55.6 Å². The molecule has 2 heterocycles. The maximum Gasteiger partial charge on any atom is 0.0964 e. The van der Waals surface area contributed by atoms with E-state index in [4.69, 9.17) is 0 Å². The van der Waals surface area contributed by atoms with E-state index in [1.807, 2.05) is 23.0 Å². The summed E-state index contributed by atoms with van der Waals surface area (Å²) in [4.78, 5) is 4.33. The quantitative estimate of drug-likeness (QED) is 0.884. The first-order valence-corrected chi connectivity index (χ1v) is 7.29. The van der Waals surface area contributed by atoms with Crippen LogP contribution in [0.15, 0.2) is 29.0 Å². The SMILES string of the molecule is Brc1ccc(Cn2cc(CNCC3CC3)nn2)nc1. The van der Waals surface area contributed by atoms with E-state index < -0.39 is 0 Å². The van der Waals surface area contributed by atoms with Gasteiger partial charge in [0, 0.05) is 17.2 Å². The van der Waals surface area contributed by atoms with Gasteiger partial charge in [0.05, 0.1) is 24.1 Å². The molecule has 0 unspecified atom stereocenters. The lowest BCUT2D eigenvalue weighted by molar-refractivity contribution is 0.625. The largest absolute Gasteiger partial charge is 0.311 e. The molecule has 0 atom stereocenters. The summed E-state index contributed by atoms with van der Waals surface area (Å²) < 4.78 is 2.81. The van der Waals surface area contributed by atoms with Gasteiger partial charge in [0.15, 0.2) is 0 Å². The summed E-state index contributed by atoms with van der Waals surface area (Å²) in [5.74, 6) is 0.891. The van der Waals surface area contributed by atoms with Gasteiger partial charge in [0.2, 0.25) is 0 Å². The zero-order valence-corrected chi connectivity index (χ0v) is 12.2. The molecule has 19 heavy (non-hydrogen) atoms. The Balaban J connectivity index is 1.53. The highest BCUT2D eigenvalue weighted by atomic mass is 79.9. The average molecular weight is 322 g/mol. The molecular formula is C13H16BrN5. The third-order valence-electron chi connectivity index (χ3n) is 3.13. The third kappa shape index (κ3) is 3.84. The van der Waals surface area contributed by atoms with E-state index in [1.165, 1.54) is 12.8 Å². The second kappa shape index (κ2) is 5.79. The van der Waals surface area contributed by atoms with Gasteiger partial charge in [-0.2, -0.15) is 0 Å². The molecule has 1 aliphatic carbocycles. The second-order valence-corrected chi connectivity index (χ2v) is 5.87. The number of hydrogen-bond donors (Lipinski definition) is 1. The molecule has 5 nitrogen and oxygen atoms in total. The Morgan fingerprint density at radius 2 is 2.21 bits per heavy atom. The molecule has 0 spiro atoms. The first kappa shape index (κ1) is 12.7. The standard InChI is InChI=1S/C13H16BrN5/c14-11-3-4-12(16-6-11)8-19-9-13(17-18-19)7-15-5-10-1-2-10/h3-4,6,9-10,15H,1-2,5,7-8H2. The maximum atomic E-state index is 4.33. The number of pyridine rings is 1. The number of hydrogen-bond acceptors (Lipinski definition) is 4. The lowest BCUT2D eigenvalue weighted by Gasteiger charge is -2.00. The first-order valence-electron chi connectivity index (χ1n) is 6.50. The van der Waals surface area contributed by atoms with Crippen LogP contribution in [0.25, 0.3) is 0 Å². The molecular weight excluding hydrogens is 306 g/mol. The van der Waals surface area contributed by atoms with Gasteiger partial charge in [-0.15, -0.1) is 5.10 Å². The van der Waals surface area contributed by atoms with E-state index in [-0.39, 0.29) is 0 Å². The van der Waals surface area contributed by atoms with Crippen molar-refractivity contribution in [2.24, 2.45) is 5.92 Å². The zero-order valence-electron chi connectivity index (χ0n) is 10.6. The van der Waals surface area contributed by atoms with Crippen molar-refractivity contribution in [1.29, 1.82) is 0 Å². The number of nitrogens with zero attached hydrogens (tertiary/aromatic N) is 4. The Bertz CT molecular complexity index is 532. The lowest BCUT2D eigenvalue weighted by Crippen LogP contribution is -2.16. The molecule has 0 bridgehead atoms. The van der Waals surface area contributed by atoms with Gasteiger partial charge in [-0.25, -0.2) is 4.68 Å². The third-order valence-corrected chi connectivity index (χ3v) is 3.60. The van der Waals surface area contributed by atoms with Crippen LogP contribution in [0.1, 0.15) is 24.2 Å². The van der Waals surface area contributed by atoms with Crippen molar-refractivity contribution < 1.29 is 0 Å². The minimum Gasteiger partial charge on any atom is -0.311 e. The molecule has 1 aliphatic rings. The van der Waals surface area contributed by atoms with Gasteiger partial charge < -0.3 is 5.32 Å². The van der Waals surface area contributed by atoms with Crippen LogP contribution in [0.2, 0.25) is 0 Å². The molecule has 0 radical (unpaired) electrons. The fourth-order valence-electron chi connectivity index (χ4n) is 1.89. The van der Waals surface area contributed by atoms with Crippen molar-refractivity contribution >= 4 is 15.9 Å². The predicted octanol–water partition coefficient (Wildman–Crippen LogP) is 1.98. The Labute approximate surface area is 120 Å². The molecule has 1 fully saturated rings. The fraction of sp³-hybridized carbons (Fsp3) is 0.462. The summed E-state index contributed by atoms with van der Waals surface area (Å²) in [7, 11) is 0. The van der Waals surface area contributed by atoms with Crippen LogP contribution in [0, 0.1) is 5.92 Å². The average Bonchev–Trinajstić information content (AvgIpc) is 3.12. The zero-order chi connectivity index (χ0) is 13.1. The predicted molar refractivity (Wildman–Crippen MR) is 75.5 cm³/mol. The highest BCUT2D eigenvalue weighted by Crippen LogP contribution is 2.27. The van der Waals surface area contributed by atoms with E-state index in [1.54, 1.807) is 6.20 Å². The summed E-state index contributed by atoms with van der Waals surface area (Å²) in [6.07, 6.45) is 6.51. The monoisotopic (exact) mass is 321 g/mol. The van der Waals surface area contributed by atoms with E-state index in [0.29, 0.717) is 6.54 Å². The number of aromatic nitrogens is 4. The van der Waals surface area contributed by atoms with Crippen molar-refractivity contribution in [3.63, 3.8) is 0 Å². The summed E-state index contributed by atoms with van der Waals surface area (Å²) >= 11 is 3.37. The Kier molecular flexibility index (Phi) is 3.89. The normalized spacial score (nSPS) is 14.8. The van der Waals surface area contributed by atoms with Crippen LogP contribution in [0.3, 0.4) is 0 Å². The Morgan fingerprint density at radius 3 is 2.95 bits per heavy atom. The minimum atomic E-state index is 0.656. The minimum absolute atomic E-state index is 0.656. The van der Waals surface area contributed by atoms with Crippen molar-refractivity contribution in [1.82, 2.24) is 25.3 Å². The molecule has 3 rings (SSSR count). The number of rotatable bonds is 6. The highest BCUT2D eigenvalue weighted by molar-refractivity contribution is 9.10. The van der Waals surface area contributed by atoms with Gasteiger partial charge in [0.1, 0.15) is 0 Å². The molecule has 2 aromatic rings. The smallest absolute Gasteiger partial charge is 0.0964 e. The van der Waals surface area contributed by atoms with Gasteiger partial charge in [-0.1, -0.05) is 5.21 Å². The molecule has 1 saturated carbocycles. The van der Waals surface area contributed by atoms with Gasteiger partial charge in [-0.3, -0.25) is 4.98 Å². The van der Waals surface area contributed by atoms with Crippen LogP contribution in [0.5, 0.6) is 0 Å². The molecule has 0 saturated heterocycles. The summed E-state index contributed by atoms with van der Waals surface area (Å²) in [6, 6.07) is 3.97. The molecule has 1 N–H and O–H groups in total. The molecule has 0 aromatic carbocycles.